The lowest BCUT2D eigenvalue weighted by atomic mass is 10.0. The lowest BCUT2D eigenvalue weighted by Gasteiger charge is -2.12. The number of fused-ring (bicyclic) bond motifs is 1. The Hall–Kier alpha value is -3.61. The number of benzene rings is 2. The standard InChI is InChI=1S/C27H23Cl2N5O/c1-15-16(2)33-25-6-17(4-5-23(15)25)11-31-27(35)24-9-19(18-7-21(28)10-22(29)8-18)12-30-26(24)20-13-32-34(3)14-20/h4-10,12-14,33H,11H2,1-3H3,(H,31,35). The molecule has 176 valence electrons. The lowest BCUT2D eigenvalue weighted by Crippen LogP contribution is -2.23. The second-order valence-corrected chi connectivity index (χ2v) is 9.49. The first-order valence-electron chi connectivity index (χ1n) is 11.1. The molecule has 2 aromatic carbocycles. The van der Waals surface area contributed by atoms with Crippen molar-refractivity contribution in [3.05, 3.63) is 93.5 Å². The van der Waals surface area contributed by atoms with E-state index in [-0.39, 0.29) is 5.91 Å². The smallest absolute Gasteiger partial charge is 0.253 e. The van der Waals surface area contributed by atoms with E-state index in [0.717, 1.165) is 33.5 Å². The Kier molecular flexibility index (Phi) is 6.09. The van der Waals surface area contributed by atoms with Crippen LogP contribution in [0.4, 0.5) is 0 Å². The highest BCUT2D eigenvalue weighted by atomic mass is 35.5. The number of aromatic nitrogens is 4. The number of amides is 1. The molecule has 6 nitrogen and oxygen atoms in total. The first-order valence-corrected chi connectivity index (χ1v) is 11.9. The van der Waals surface area contributed by atoms with Crippen LogP contribution < -0.4 is 5.32 Å². The van der Waals surface area contributed by atoms with Crippen LogP contribution in [0.1, 0.15) is 27.2 Å². The molecule has 0 atom stereocenters. The van der Waals surface area contributed by atoms with Crippen molar-refractivity contribution in [3.8, 4) is 22.4 Å². The van der Waals surface area contributed by atoms with E-state index in [9.17, 15) is 4.79 Å². The maximum absolute atomic E-state index is 13.4. The molecule has 0 aliphatic rings. The van der Waals surface area contributed by atoms with Crippen molar-refractivity contribution in [2.24, 2.45) is 7.05 Å². The predicted molar refractivity (Wildman–Crippen MR) is 141 cm³/mol. The molecular formula is C27H23Cl2N5O. The van der Waals surface area contributed by atoms with Crippen LogP contribution in [0.5, 0.6) is 0 Å². The molecule has 5 aromatic rings. The molecule has 0 radical (unpaired) electrons. The molecule has 0 aliphatic carbocycles. The number of halogens is 2. The Labute approximate surface area is 212 Å². The number of pyridine rings is 1. The van der Waals surface area contributed by atoms with Crippen LogP contribution in [0.25, 0.3) is 33.3 Å². The Bertz CT molecular complexity index is 1560. The first-order chi connectivity index (χ1) is 16.8. The van der Waals surface area contributed by atoms with E-state index in [1.54, 1.807) is 35.3 Å². The number of carbonyl (C=O) groups excluding carboxylic acids is 1. The van der Waals surface area contributed by atoms with Gasteiger partial charge in [-0.2, -0.15) is 5.10 Å². The van der Waals surface area contributed by atoms with Crippen molar-refractivity contribution in [2.75, 3.05) is 0 Å². The molecule has 3 heterocycles. The zero-order valence-electron chi connectivity index (χ0n) is 19.5. The molecule has 0 aliphatic heterocycles. The average Bonchev–Trinajstić information content (AvgIpc) is 3.38. The fourth-order valence-electron chi connectivity index (χ4n) is 4.20. The van der Waals surface area contributed by atoms with Gasteiger partial charge in [-0.1, -0.05) is 35.3 Å². The molecule has 0 unspecified atom stereocenters. The fourth-order valence-corrected chi connectivity index (χ4v) is 4.72. The van der Waals surface area contributed by atoms with Crippen molar-refractivity contribution < 1.29 is 4.79 Å². The Balaban J connectivity index is 1.48. The summed E-state index contributed by atoms with van der Waals surface area (Å²) < 4.78 is 1.68. The maximum atomic E-state index is 13.4. The van der Waals surface area contributed by atoms with Crippen LogP contribution in [-0.4, -0.2) is 25.7 Å². The molecule has 3 aromatic heterocycles. The number of hydrogen-bond donors (Lipinski definition) is 2. The summed E-state index contributed by atoms with van der Waals surface area (Å²) in [6.07, 6.45) is 5.24. The number of H-pyrrole nitrogens is 1. The zero-order valence-corrected chi connectivity index (χ0v) is 21.0. The highest BCUT2D eigenvalue weighted by Gasteiger charge is 2.18. The van der Waals surface area contributed by atoms with E-state index in [0.29, 0.717) is 27.8 Å². The molecule has 0 bridgehead atoms. The van der Waals surface area contributed by atoms with Gasteiger partial charge in [-0.25, -0.2) is 0 Å². The summed E-state index contributed by atoms with van der Waals surface area (Å²) in [4.78, 5) is 21.4. The van der Waals surface area contributed by atoms with Crippen LogP contribution >= 0.6 is 23.2 Å². The number of aromatic amines is 1. The highest BCUT2D eigenvalue weighted by molar-refractivity contribution is 6.35. The van der Waals surface area contributed by atoms with Crippen molar-refractivity contribution >= 4 is 40.0 Å². The van der Waals surface area contributed by atoms with Gasteiger partial charge in [0.05, 0.1) is 17.5 Å². The number of nitrogens with zero attached hydrogens (tertiary/aromatic N) is 3. The van der Waals surface area contributed by atoms with Gasteiger partial charge in [0.15, 0.2) is 0 Å². The Morgan fingerprint density at radius 3 is 2.49 bits per heavy atom. The second-order valence-electron chi connectivity index (χ2n) is 8.62. The van der Waals surface area contributed by atoms with Gasteiger partial charge in [-0.05, 0) is 60.9 Å². The molecule has 0 saturated heterocycles. The molecule has 2 N–H and O–H groups in total. The van der Waals surface area contributed by atoms with Crippen molar-refractivity contribution in [1.82, 2.24) is 25.1 Å². The highest BCUT2D eigenvalue weighted by Crippen LogP contribution is 2.30. The quantitative estimate of drug-likeness (QED) is 0.288. The SMILES string of the molecule is Cc1[nH]c2cc(CNC(=O)c3cc(-c4cc(Cl)cc(Cl)c4)cnc3-c3cnn(C)c3)ccc2c1C. The van der Waals surface area contributed by atoms with Crippen LogP contribution in [-0.2, 0) is 13.6 Å². The summed E-state index contributed by atoms with van der Waals surface area (Å²) in [5.74, 6) is -0.231. The number of carbonyl (C=O) groups is 1. The van der Waals surface area contributed by atoms with E-state index in [4.69, 9.17) is 23.2 Å². The molecule has 8 heteroatoms. The predicted octanol–water partition coefficient (Wildman–Crippen LogP) is 6.48. The summed E-state index contributed by atoms with van der Waals surface area (Å²) in [5.41, 5.74) is 7.72. The van der Waals surface area contributed by atoms with Crippen LogP contribution in [0, 0.1) is 13.8 Å². The zero-order chi connectivity index (χ0) is 24.7. The van der Waals surface area contributed by atoms with Gasteiger partial charge in [-0.3, -0.25) is 14.5 Å². The average molecular weight is 504 g/mol. The molecule has 5 rings (SSSR count). The van der Waals surface area contributed by atoms with Crippen LogP contribution in [0.15, 0.2) is 61.1 Å². The number of aryl methyl sites for hydroxylation is 3. The van der Waals surface area contributed by atoms with Gasteiger partial charge in [-0.15, -0.1) is 0 Å². The van der Waals surface area contributed by atoms with Gasteiger partial charge in [0.25, 0.3) is 5.91 Å². The summed E-state index contributed by atoms with van der Waals surface area (Å²) in [7, 11) is 1.83. The Morgan fingerprint density at radius 1 is 1.00 bits per heavy atom. The van der Waals surface area contributed by atoms with Crippen LogP contribution in [0.3, 0.4) is 0 Å². The van der Waals surface area contributed by atoms with Crippen molar-refractivity contribution in [3.63, 3.8) is 0 Å². The molecule has 35 heavy (non-hydrogen) atoms. The summed E-state index contributed by atoms with van der Waals surface area (Å²) in [5, 5.41) is 9.50. The normalized spacial score (nSPS) is 11.2. The maximum Gasteiger partial charge on any atom is 0.253 e. The molecule has 1 amide bonds. The van der Waals surface area contributed by atoms with E-state index >= 15 is 0 Å². The summed E-state index contributed by atoms with van der Waals surface area (Å²) in [6.45, 7) is 4.54. The van der Waals surface area contributed by atoms with Gasteiger partial charge in [0.2, 0.25) is 0 Å². The monoisotopic (exact) mass is 503 g/mol. The first kappa shape index (κ1) is 23.1. The molecule has 0 spiro atoms. The third kappa shape index (κ3) is 4.67. The van der Waals surface area contributed by atoms with Gasteiger partial charge < -0.3 is 10.3 Å². The van der Waals surface area contributed by atoms with Crippen molar-refractivity contribution in [1.29, 1.82) is 0 Å². The fraction of sp³-hybridized carbons (Fsp3) is 0.148. The van der Waals surface area contributed by atoms with Crippen molar-refractivity contribution in [2.45, 2.75) is 20.4 Å². The van der Waals surface area contributed by atoms with Gasteiger partial charge >= 0.3 is 0 Å². The topological polar surface area (TPSA) is 75.6 Å². The minimum Gasteiger partial charge on any atom is -0.358 e. The van der Waals surface area contributed by atoms with Crippen LogP contribution in [0.2, 0.25) is 10.0 Å². The van der Waals surface area contributed by atoms with E-state index in [1.807, 2.05) is 25.4 Å². The third-order valence-electron chi connectivity index (χ3n) is 6.13. The molecular weight excluding hydrogens is 481 g/mol. The Morgan fingerprint density at radius 2 is 1.77 bits per heavy atom. The van der Waals surface area contributed by atoms with Gasteiger partial charge in [0.1, 0.15) is 0 Å². The molecule has 0 saturated carbocycles. The number of rotatable bonds is 5. The molecule has 0 fully saturated rings. The largest absolute Gasteiger partial charge is 0.358 e. The number of hydrogen-bond acceptors (Lipinski definition) is 3. The van der Waals surface area contributed by atoms with E-state index in [2.05, 4.69) is 46.4 Å². The second kappa shape index (κ2) is 9.21. The van der Waals surface area contributed by atoms with E-state index in [1.165, 1.54) is 10.9 Å². The third-order valence-corrected chi connectivity index (χ3v) is 6.57. The minimum absolute atomic E-state index is 0.231. The lowest BCUT2D eigenvalue weighted by molar-refractivity contribution is 0.0951. The number of nitrogens with one attached hydrogen (secondary N) is 2. The minimum atomic E-state index is -0.231. The summed E-state index contributed by atoms with van der Waals surface area (Å²) >= 11 is 12.4. The van der Waals surface area contributed by atoms with Gasteiger partial charge in [0, 0.05) is 63.8 Å². The summed E-state index contributed by atoms with van der Waals surface area (Å²) in [6, 6.07) is 13.3. The van der Waals surface area contributed by atoms with E-state index < -0.39 is 0 Å².